The van der Waals surface area contributed by atoms with Crippen molar-refractivity contribution in [3.63, 3.8) is 0 Å². The van der Waals surface area contributed by atoms with Gasteiger partial charge in [0.25, 0.3) is 0 Å². The molecule has 0 aliphatic carbocycles. The van der Waals surface area contributed by atoms with Crippen LogP contribution < -0.4 is 5.32 Å². The molecule has 0 amide bonds. The van der Waals surface area contributed by atoms with Gasteiger partial charge in [-0.25, -0.2) is 18.7 Å². The van der Waals surface area contributed by atoms with Crippen LogP contribution in [0, 0.1) is 18.6 Å². The molecule has 0 bridgehead atoms. The van der Waals surface area contributed by atoms with E-state index in [1.165, 1.54) is 12.1 Å². The second-order valence-corrected chi connectivity index (χ2v) is 7.54. The molecular formula is C20H18F2N4O2S. The number of aliphatic hydroxyl groups is 1. The standard InChI is InChI=1S/C20H18F2N4O2S/c1-11-18(29-19(24-11)14-5-4-13(21)8-15(14)22)25-20(27)28-9-12-3-6-17-16(7-12)23-10-26(17)2/h3-8,10,20,25,27H,9H2,1-2H3. The Morgan fingerprint density at radius 1 is 1.24 bits per heavy atom. The van der Waals surface area contributed by atoms with Crippen LogP contribution in [-0.2, 0) is 18.4 Å². The largest absolute Gasteiger partial charge is 0.351 e. The molecule has 2 aromatic carbocycles. The summed E-state index contributed by atoms with van der Waals surface area (Å²) in [4.78, 5) is 8.59. The first-order chi connectivity index (χ1) is 13.9. The number of rotatable bonds is 6. The molecule has 150 valence electrons. The van der Waals surface area contributed by atoms with Gasteiger partial charge >= 0.3 is 0 Å². The van der Waals surface area contributed by atoms with E-state index in [0.717, 1.165) is 34.0 Å². The Morgan fingerprint density at radius 2 is 2.07 bits per heavy atom. The van der Waals surface area contributed by atoms with Crippen molar-refractivity contribution in [2.75, 3.05) is 5.32 Å². The van der Waals surface area contributed by atoms with E-state index in [2.05, 4.69) is 15.3 Å². The van der Waals surface area contributed by atoms with Crippen LogP contribution in [-0.4, -0.2) is 26.1 Å². The third-order valence-corrected chi connectivity index (χ3v) is 5.53. The number of fused-ring (bicyclic) bond motifs is 1. The lowest BCUT2D eigenvalue weighted by Gasteiger charge is -2.14. The quantitative estimate of drug-likeness (QED) is 0.461. The molecule has 1 atom stereocenters. The number of nitrogens with one attached hydrogen (secondary N) is 1. The number of hydrogen-bond acceptors (Lipinski definition) is 6. The Balaban J connectivity index is 1.42. The number of thiazole rings is 1. The van der Waals surface area contributed by atoms with E-state index in [0.29, 0.717) is 15.7 Å². The minimum Gasteiger partial charge on any atom is -0.351 e. The molecule has 9 heteroatoms. The molecule has 0 radical (unpaired) electrons. The lowest BCUT2D eigenvalue weighted by Crippen LogP contribution is -2.22. The number of hydrogen-bond donors (Lipinski definition) is 2. The Kier molecular flexibility index (Phi) is 5.27. The highest BCUT2D eigenvalue weighted by Gasteiger charge is 2.16. The van der Waals surface area contributed by atoms with Crippen LogP contribution in [0.2, 0.25) is 0 Å². The predicted octanol–water partition coefficient (Wildman–Crippen LogP) is 4.19. The third-order valence-electron chi connectivity index (χ3n) is 4.41. The zero-order valence-electron chi connectivity index (χ0n) is 15.7. The molecule has 6 nitrogen and oxygen atoms in total. The normalized spacial score (nSPS) is 12.4. The van der Waals surface area contributed by atoms with Gasteiger partial charge in [0, 0.05) is 18.7 Å². The molecule has 0 spiro atoms. The molecule has 0 aliphatic rings. The number of aryl methyl sites for hydroxylation is 2. The summed E-state index contributed by atoms with van der Waals surface area (Å²) >= 11 is 1.15. The van der Waals surface area contributed by atoms with Crippen molar-refractivity contribution < 1.29 is 18.6 Å². The first kappa shape index (κ1) is 19.4. The molecule has 29 heavy (non-hydrogen) atoms. The average Bonchev–Trinajstić information content (AvgIpc) is 3.23. The lowest BCUT2D eigenvalue weighted by molar-refractivity contribution is -0.0869. The Hall–Kier alpha value is -2.88. The topological polar surface area (TPSA) is 72.2 Å². The Morgan fingerprint density at radius 3 is 2.86 bits per heavy atom. The number of nitrogens with zero attached hydrogens (tertiary/aromatic N) is 3. The highest BCUT2D eigenvalue weighted by atomic mass is 32.1. The third kappa shape index (κ3) is 4.12. The fraction of sp³-hybridized carbons (Fsp3) is 0.200. The van der Waals surface area contributed by atoms with Crippen LogP contribution in [0.5, 0.6) is 0 Å². The Labute approximate surface area is 169 Å². The van der Waals surface area contributed by atoms with Crippen molar-refractivity contribution in [3.8, 4) is 10.6 Å². The maximum atomic E-state index is 14.0. The van der Waals surface area contributed by atoms with Crippen LogP contribution in [0.25, 0.3) is 21.6 Å². The average molecular weight is 416 g/mol. The Bertz CT molecular complexity index is 1170. The predicted molar refractivity (Wildman–Crippen MR) is 107 cm³/mol. The zero-order valence-corrected chi connectivity index (χ0v) is 16.5. The summed E-state index contributed by atoms with van der Waals surface area (Å²) in [5, 5.41) is 13.9. The number of aliphatic hydroxyl groups excluding tert-OH is 1. The zero-order chi connectivity index (χ0) is 20.5. The van der Waals surface area contributed by atoms with Crippen LogP contribution in [0.15, 0.2) is 42.7 Å². The van der Waals surface area contributed by atoms with Gasteiger partial charge in [0.2, 0.25) is 6.41 Å². The van der Waals surface area contributed by atoms with Crippen molar-refractivity contribution in [2.24, 2.45) is 7.05 Å². The molecule has 0 fully saturated rings. The molecule has 2 heterocycles. The molecule has 4 aromatic rings. The monoisotopic (exact) mass is 416 g/mol. The van der Waals surface area contributed by atoms with E-state index in [1.807, 2.05) is 29.8 Å². The van der Waals surface area contributed by atoms with E-state index in [9.17, 15) is 13.9 Å². The highest BCUT2D eigenvalue weighted by molar-refractivity contribution is 7.19. The van der Waals surface area contributed by atoms with Gasteiger partial charge in [-0.1, -0.05) is 17.4 Å². The summed E-state index contributed by atoms with van der Waals surface area (Å²) in [6, 6.07) is 9.08. The summed E-state index contributed by atoms with van der Waals surface area (Å²) in [6.45, 7) is 1.91. The minimum atomic E-state index is -1.28. The molecule has 1 unspecified atom stereocenters. The first-order valence-electron chi connectivity index (χ1n) is 8.80. The van der Waals surface area contributed by atoms with Gasteiger partial charge in [0.1, 0.15) is 21.6 Å². The summed E-state index contributed by atoms with van der Waals surface area (Å²) < 4.78 is 34.5. The number of imidazole rings is 1. The highest BCUT2D eigenvalue weighted by Crippen LogP contribution is 2.33. The first-order valence-corrected chi connectivity index (χ1v) is 9.61. The van der Waals surface area contributed by atoms with Crippen LogP contribution in [0.4, 0.5) is 13.8 Å². The van der Waals surface area contributed by atoms with Crippen molar-refractivity contribution in [1.82, 2.24) is 14.5 Å². The van der Waals surface area contributed by atoms with Crippen LogP contribution in [0.1, 0.15) is 11.3 Å². The van der Waals surface area contributed by atoms with E-state index in [1.54, 1.807) is 13.3 Å². The molecule has 4 rings (SSSR count). The van der Waals surface area contributed by atoms with Gasteiger partial charge < -0.3 is 19.7 Å². The maximum absolute atomic E-state index is 14.0. The second-order valence-electron chi connectivity index (χ2n) is 6.54. The molecule has 0 aliphatic heterocycles. The molecule has 0 saturated carbocycles. The second kappa shape index (κ2) is 7.86. The van der Waals surface area contributed by atoms with E-state index in [-0.39, 0.29) is 12.2 Å². The van der Waals surface area contributed by atoms with Gasteiger partial charge in [-0.2, -0.15) is 0 Å². The summed E-state index contributed by atoms with van der Waals surface area (Å²) in [5.41, 5.74) is 3.50. The number of halogens is 2. The molecule has 2 N–H and O–H groups in total. The summed E-state index contributed by atoms with van der Waals surface area (Å²) in [7, 11) is 1.92. The summed E-state index contributed by atoms with van der Waals surface area (Å²) in [6.07, 6.45) is 0.458. The molecule has 2 aromatic heterocycles. The number of ether oxygens (including phenoxy) is 1. The van der Waals surface area contributed by atoms with Gasteiger partial charge in [0.05, 0.1) is 29.7 Å². The van der Waals surface area contributed by atoms with Gasteiger partial charge in [-0.05, 0) is 36.8 Å². The van der Waals surface area contributed by atoms with Crippen molar-refractivity contribution in [1.29, 1.82) is 0 Å². The smallest absolute Gasteiger partial charge is 0.236 e. The number of benzene rings is 2. The van der Waals surface area contributed by atoms with E-state index >= 15 is 0 Å². The van der Waals surface area contributed by atoms with E-state index < -0.39 is 18.0 Å². The SMILES string of the molecule is Cc1nc(-c2ccc(F)cc2F)sc1NC(O)OCc1ccc2c(c1)ncn2C. The van der Waals surface area contributed by atoms with Crippen LogP contribution >= 0.6 is 11.3 Å². The number of anilines is 1. The summed E-state index contributed by atoms with van der Waals surface area (Å²) in [5.74, 6) is -1.34. The van der Waals surface area contributed by atoms with Gasteiger partial charge in [-0.3, -0.25) is 0 Å². The van der Waals surface area contributed by atoms with Crippen molar-refractivity contribution >= 4 is 27.4 Å². The maximum Gasteiger partial charge on any atom is 0.236 e. The lowest BCUT2D eigenvalue weighted by atomic mass is 10.2. The van der Waals surface area contributed by atoms with E-state index in [4.69, 9.17) is 4.74 Å². The number of aromatic nitrogens is 3. The van der Waals surface area contributed by atoms with Crippen LogP contribution in [0.3, 0.4) is 0 Å². The van der Waals surface area contributed by atoms with Crippen molar-refractivity contribution in [3.05, 3.63) is 65.6 Å². The molecule has 0 saturated heterocycles. The minimum absolute atomic E-state index is 0.179. The fourth-order valence-electron chi connectivity index (χ4n) is 2.91. The fourth-order valence-corrected chi connectivity index (χ4v) is 3.91. The van der Waals surface area contributed by atoms with Gasteiger partial charge in [-0.15, -0.1) is 0 Å². The van der Waals surface area contributed by atoms with Gasteiger partial charge in [0.15, 0.2) is 0 Å². The van der Waals surface area contributed by atoms with Crippen molar-refractivity contribution in [2.45, 2.75) is 19.9 Å². The molecular weight excluding hydrogens is 398 g/mol.